The van der Waals surface area contributed by atoms with Gasteiger partial charge in [0, 0.05) is 19.6 Å². The first-order valence-corrected chi connectivity index (χ1v) is 7.98. The Morgan fingerprint density at radius 1 is 1.39 bits per heavy atom. The summed E-state index contributed by atoms with van der Waals surface area (Å²) in [6.07, 6.45) is 2.23. The van der Waals surface area contributed by atoms with E-state index in [1.54, 1.807) is 6.33 Å². The van der Waals surface area contributed by atoms with Crippen LogP contribution in [-0.2, 0) is 9.47 Å². The monoisotopic (exact) mass is 341 g/mol. The van der Waals surface area contributed by atoms with Crippen molar-refractivity contribution in [2.45, 2.75) is 32.1 Å². The molecule has 1 saturated carbocycles. The van der Waals surface area contributed by atoms with Gasteiger partial charge in [-0.05, 0) is 13.8 Å². The van der Waals surface area contributed by atoms with Gasteiger partial charge in [0.25, 0.3) is 0 Å². The molecule has 2 aromatic rings. The molecule has 9 heteroatoms. The minimum Gasteiger partial charge on any atom is -0.396 e. The van der Waals surface area contributed by atoms with Crippen LogP contribution in [0.5, 0.6) is 0 Å². The summed E-state index contributed by atoms with van der Waals surface area (Å²) < 4.78 is 13.5. The quantitative estimate of drug-likeness (QED) is 0.603. The smallest absolute Gasteiger partial charge is 0.223 e. The average molecular weight is 342 g/mol. The predicted molar refractivity (Wildman–Crippen MR) is 85.0 cm³/mol. The summed E-state index contributed by atoms with van der Waals surface area (Å²) in [4.78, 5) is 12.4. The summed E-state index contributed by atoms with van der Waals surface area (Å²) in [7, 11) is 0. The highest BCUT2D eigenvalue weighted by molar-refractivity contribution is 6.33. The third-order valence-electron chi connectivity index (χ3n) is 4.25. The molecule has 3 rings (SSSR count). The Hall–Kier alpha value is -1.48. The summed E-state index contributed by atoms with van der Waals surface area (Å²) in [6, 6.07) is -0.0616. The third-order valence-corrected chi connectivity index (χ3v) is 4.51. The first-order valence-electron chi connectivity index (χ1n) is 7.60. The van der Waals surface area contributed by atoms with Gasteiger partial charge in [0.15, 0.2) is 16.6 Å². The number of nitrogen functional groups attached to an aromatic ring is 1. The Kier molecular flexibility index (Phi) is 4.41. The molecule has 0 spiro atoms. The second kappa shape index (κ2) is 6.20. The van der Waals surface area contributed by atoms with Gasteiger partial charge in [-0.1, -0.05) is 11.6 Å². The lowest BCUT2D eigenvalue weighted by Crippen LogP contribution is -2.59. The highest BCUT2D eigenvalue weighted by Gasteiger charge is 2.57. The number of aliphatic hydroxyl groups is 1. The Labute approximate surface area is 138 Å². The molecule has 0 aromatic carbocycles. The summed E-state index contributed by atoms with van der Waals surface area (Å²) in [6.45, 7) is 4.76. The maximum absolute atomic E-state index is 9.85. The standard InChI is InChI=1S/C14H20ClN5O3/c1-3-22-14(23-4-2)5-9(8(14)6-21)20-7-17-10-11(15)18-13(16)19-12(10)20/h7-9,21H,3-6H2,1-2H3,(H2,16,18,19)/t8-,9+/m1/s1. The number of anilines is 1. The molecule has 1 aliphatic carbocycles. The molecule has 2 heterocycles. The van der Waals surface area contributed by atoms with Crippen molar-refractivity contribution in [3.8, 4) is 0 Å². The van der Waals surface area contributed by atoms with E-state index in [4.69, 9.17) is 26.8 Å². The zero-order chi connectivity index (χ0) is 16.6. The number of rotatable bonds is 6. The molecule has 3 N–H and O–H groups in total. The van der Waals surface area contributed by atoms with E-state index in [0.29, 0.717) is 30.8 Å². The van der Waals surface area contributed by atoms with Gasteiger partial charge in [-0.15, -0.1) is 0 Å². The van der Waals surface area contributed by atoms with Gasteiger partial charge >= 0.3 is 0 Å². The largest absolute Gasteiger partial charge is 0.396 e. The van der Waals surface area contributed by atoms with E-state index in [9.17, 15) is 5.11 Å². The van der Waals surface area contributed by atoms with Crippen LogP contribution in [0.3, 0.4) is 0 Å². The zero-order valence-electron chi connectivity index (χ0n) is 13.1. The zero-order valence-corrected chi connectivity index (χ0v) is 13.8. The van der Waals surface area contributed by atoms with E-state index in [-0.39, 0.29) is 29.7 Å². The highest BCUT2D eigenvalue weighted by Crippen LogP contribution is 2.51. The van der Waals surface area contributed by atoms with Gasteiger partial charge in [0.05, 0.1) is 24.9 Å². The number of hydrogen-bond acceptors (Lipinski definition) is 7. The van der Waals surface area contributed by atoms with Gasteiger partial charge in [-0.2, -0.15) is 9.97 Å². The van der Waals surface area contributed by atoms with Crippen LogP contribution >= 0.6 is 11.6 Å². The number of fused-ring (bicyclic) bond motifs is 1. The number of nitrogens with two attached hydrogens (primary N) is 1. The molecular formula is C14H20ClN5O3. The Morgan fingerprint density at radius 2 is 2.09 bits per heavy atom. The van der Waals surface area contributed by atoms with Crippen LogP contribution in [0.1, 0.15) is 26.3 Å². The SMILES string of the molecule is CCOC1(OCC)C[C@H](n2cnc3c(Cl)nc(N)nc32)[C@H]1CO. The maximum Gasteiger partial charge on any atom is 0.223 e. The topological polar surface area (TPSA) is 108 Å². The summed E-state index contributed by atoms with van der Waals surface area (Å²) >= 11 is 6.06. The van der Waals surface area contributed by atoms with Gasteiger partial charge in [0.2, 0.25) is 5.95 Å². The first-order chi connectivity index (χ1) is 11.1. The van der Waals surface area contributed by atoms with Gasteiger partial charge < -0.3 is 24.9 Å². The van der Waals surface area contributed by atoms with Crippen molar-refractivity contribution < 1.29 is 14.6 Å². The minimum absolute atomic E-state index is 0.0616. The number of imidazole rings is 1. The van der Waals surface area contributed by atoms with Crippen molar-refractivity contribution in [2.75, 3.05) is 25.6 Å². The van der Waals surface area contributed by atoms with Crippen LogP contribution in [0.4, 0.5) is 5.95 Å². The maximum atomic E-state index is 9.85. The average Bonchev–Trinajstić information content (AvgIpc) is 2.89. The molecule has 2 aromatic heterocycles. The van der Waals surface area contributed by atoms with Crippen LogP contribution in [0.2, 0.25) is 5.15 Å². The van der Waals surface area contributed by atoms with Crippen molar-refractivity contribution in [3.63, 3.8) is 0 Å². The normalized spacial score (nSPS) is 23.1. The van der Waals surface area contributed by atoms with E-state index in [1.807, 2.05) is 18.4 Å². The number of hydrogen-bond donors (Lipinski definition) is 2. The fourth-order valence-electron chi connectivity index (χ4n) is 3.27. The van der Waals surface area contributed by atoms with Crippen molar-refractivity contribution >= 4 is 28.7 Å². The molecular weight excluding hydrogens is 322 g/mol. The second-order valence-electron chi connectivity index (χ2n) is 5.44. The predicted octanol–water partition coefficient (Wildman–Crippen LogP) is 1.38. The molecule has 0 saturated heterocycles. The van der Waals surface area contributed by atoms with E-state index in [1.165, 1.54) is 0 Å². The van der Waals surface area contributed by atoms with Crippen LogP contribution < -0.4 is 5.73 Å². The minimum atomic E-state index is -0.776. The molecule has 0 aliphatic heterocycles. The van der Waals surface area contributed by atoms with Gasteiger partial charge in [-0.3, -0.25) is 0 Å². The van der Waals surface area contributed by atoms with Crippen LogP contribution in [0, 0.1) is 5.92 Å². The van der Waals surface area contributed by atoms with Crippen LogP contribution in [0.25, 0.3) is 11.2 Å². The molecule has 1 fully saturated rings. The van der Waals surface area contributed by atoms with E-state index < -0.39 is 5.79 Å². The number of ether oxygens (including phenoxy) is 2. The molecule has 0 amide bonds. The lowest BCUT2D eigenvalue weighted by molar-refractivity contribution is -0.329. The summed E-state index contributed by atoms with van der Waals surface area (Å²) in [5.41, 5.74) is 6.72. The lowest BCUT2D eigenvalue weighted by atomic mass is 9.72. The van der Waals surface area contributed by atoms with Gasteiger partial charge in [0.1, 0.15) is 5.52 Å². The Morgan fingerprint density at radius 3 is 2.70 bits per heavy atom. The Balaban J connectivity index is 1.97. The van der Waals surface area contributed by atoms with E-state index in [2.05, 4.69) is 15.0 Å². The fraction of sp³-hybridized carbons (Fsp3) is 0.643. The Bertz CT molecular complexity index is 701. The van der Waals surface area contributed by atoms with Crippen molar-refractivity contribution in [3.05, 3.63) is 11.5 Å². The third kappa shape index (κ3) is 2.55. The van der Waals surface area contributed by atoms with Crippen LogP contribution in [0.15, 0.2) is 6.33 Å². The number of nitrogens with zero attached hydrogens (tertiary/aromatic N) is 4. The molecule has 1 aliphatic rings. The fourth-order valence-corrected chi connectivity index (χ4v) is 3.49. The molecule has 0 bridgehead atoms. The lowest BCUT2D eigenvalue weighted by Gasteiger charge is -2.53. The molecule has 23 heavy (non-hydrogen) atoms. The molecule has 0 radical (unpaired) electrons. The molecule has 8 nitrogen and oxygen atoms in total. The number of halogens is 1. The van der Waals surface area contributed by atoms with Crippen molar-refractivity contribution in [1.29, 1.82) is 0 Å². The number of aromatic nitrogens is 4. The van der Waals surface area contributed by atoms with E-state index >= 15 is 0 Å². The second-order valence-corrected chi connectivity index (χ2v) is 5.79. The molecule has 126 valence electrons. The first kappa shape index (κ1) is 16.4. The summed E-state index contributed by atoms with van der Waals surface area (Å²) in [5, 5.41) is 10.1. The summed E-state index contributed by atoms with van der Waals surface area (Å²) in [5.74, 6) is -0.915. The highest BCUT2D eigenvalue weighted by atomic mass is 35.5. The molecule has 0 unspecified atom stereocenters. The van der Waals surface area contributed by atoms with Crippen molar-refractivity contribution in [2.24, 2.45) is 5.92 Å². The van der Waals surface area contributed by atoms with E-state index in [0.717, 1.165) is 0 Å². The van der Waals surface area contributed by atoms with Crippen LogP contribution in [-0.4, -0.2) is 50.2 Å². The van der Waals surface area contributed by atoms with Gasteiger partial charge in [-0.25, -0.2) is 4.98 Å². The number of aliphatic hydroxyl groups excluding tert-OH is 1. The molecule has 2 atom stereocenters. The van der Waals surface area contributed by atoms with Crippen molar-refractivity contribution in [1.82, 2.24) is 19.5 Å².